The molecule has 1 aliphatic carbocycles. The SMILES string of the molecule is COc1nc(OC2CCc3c(-c4cccc(B5OC(C)(C)C(C)(C)O5)c4Cl)cccc32)c(Cl)cc1C=O. The van der Waals surface area contributed by atoms with Crippen molar-refractivity contribution in [2.75, 3.05) is 7.11 Å². The maximum absolute atomic E-state index is 11.3. The molecule has 9 heteroatoms. The zero-order chi connectivity index (χ0) is 26.5. The summed E-state index contributed by atoms with van der Waals surface area (Å²) in [6.45, 7) is 8.10. The third-order valence-corrected chi connectivity index (χ3v) is 8.24. The van der Waals surface area contributed by atoms with Crippen molar-refractivity contribution in [2.45, 2.75) is 57.8 Å². The molecule has 192 valence electrons. The molecule has 1 aromatic heterocycles. The molecule has 3 aromatic rings. The van der Waals surface area contributed by atoms with Gasteiger partial charge in [0.15, 0.2) is 6.29 Å². The van der Waals surface area contributed by atoms with Crippen molar-refractivity contribution in [3.05, 3.63) is 69.2 Å². The fraction of sp³-hybridized carbons (Fsp3) is 0.357. The van der Waals surface area contributed by atoms with E-state index in [2.05, 4.69) is 11.1 Å². The fourth-order valence-electron chi connectivity index (χ4n) is 4.84. The highest BCUT2D eigenvalue weighted by atomic mass is 35.5. The molecule has 5 rings (SSSR count). The number of methoxy groups -OCH3 is 1. The highest BCUT2D eigenvalue weighted by Crippen LogP contribution is 2.43. The van der Waals surface area contributed by atoms with E-state index in [0.717, 1.165) is 40.6 Å². The smallest absolute Gasteiger partial charge is 0.480 e. The molecule has 0 saturated carbocycles. The second-order valence-electron chi connectivity index (χ2n) is 10.3. The van der Waals surface area contributed by atoms with Crippen LogP contribution in [0.3, 0.4) is 0 Å². The topological polar surface area (TPSA) is 66.9 Å². The Kier molecular flexibility index (Phi) is 6.78. The van der Waals surface area contributed by atoms with Gasteiger partial charge in [0.2, 0.25) is 11.8 Å². The largest absolute Gasteiger partial charge is 0.496 e. The second kappa shape index (κ2) is 9.62. The zero-order valence-electron chi connectivity index (χ0n) is 21.4. The van der Waals surface area contributed by atoms with Crippen LogP contribution in [-0.2, 0) is 15.7 Å². The number of ether oxygens (including phenoxy) is 2. The molecule has 1 saturated heterocycles. The number of aromatic nitrogens is 1. The summed E-state index contributed by atoms with van der Waals surface area (Å²) in [5, 5.41) is 0.864. The van der Waals surface area contributed by atoms with Gasteiger partial charge >= 0.3 is 7.12 Å². The van der Waals surface area contributed by atoms with Gasteiger partial charge in [-0.3, -0.25) is 4.79 Å². The quantitative estimate of drug-likeness (QED) is 0.273. The molecule has 1 atom stereocenters. The molecule has 37 heavy (non-hydrogen) atoms. The number of halogens is 2. The maximum atomic E-state index is 11.3. The first-order valence-corrected chi connectivity index (χ1v) is 12.9. The average Bonchev–Trinajstić information content (AvgIpc) is 3.36. The Balaban J connectivity index is 1.48. The molecule has 1 fully saturated rings. The molecule has 1 aliphatic heterocycles. The van der Waals surface area contributed by atoms with Crippen molar-refractivity contribution in [3.63, 3.8) is 0 Å². The molecular weight excluding hydrogens is 512 g/mol. The molecule has 2 heterocycles. The summed E-state index contributed by atoms with van der Waals surface area (Å²) in [6, 6.07) is 13.6. The predicted octanol–water partition coefficient (Wildman–Crippen LogP) is 6.24. The number of hydrogen-bond acceptors (Lipinski definition) is 6. The van der Waals surface area contributed by atoms with Gasteiger partial charge in [0.1, 0.15) is 11.1 Å². The standard InChI is InChI=1S/C28H28BCl2NO5/c1-27(2)28(3,4)37-29(36-27)21-11-7-10-20(24(21)31)17-8-6-9-19-18(17)12-13-23(19)35-26-22(30)14-16(15-33)25(32-26)34-5/h6-11,14-15,23H,12-13H2,1-5H3. The van der Waals surface area contributed by atoms with Gasteiger partial charge in [-0.15, -0.1) is 0 Å². The van der Waals surface area contributed by atoms with Crippen LogP contribution in [0.1, 0.15) is 61.7 Å². The molecule has 0 amide bonds. The van der Waals surface area contributed by atoms with E-state index in [-0.39, 0.29) is 28.5 Å². The highest BCUT2D eigenvalue weighted by Gasteiger charge is 2.52. The van der Waals surface area contributed by atoms with Crippen LogP contribution in [0.25, 0.3) is 11.1 Å². The van der Waals surface area contributed by atoms with Crippen molar-refractivity contribution in [2.24, 2.45) is 0 Å². The number of fused-ring (bicyclic) bond motifs is 1. The average molecular weight is 540 g/mol. The number of rotatable bonds is 6. The van der Waals surface area contributed by atoms with E-state index in [1.54, 1.807) is 0 Å². The predicted molar refractivity (Wildman–Crippen MR) is 145 cm³/mol. The van der Waals surface area contributed by atoms with Crippen LogP contribution in [0, 0.1) is 0 Å². The second-order valence-corrected chi connectivity index (χ2v) is 11.1. The van der Waals surface area contributed by atoms with E-state index in [0.29, 0.717) is 11.3 Å². The Morgan fingerprint density at radius 2 is 1.70 bits per heavy atom. The summed E-state index contributed by atoms with van der Waals surface area (Å²) >= 11 is 13.4. The molecular formula is C28H28BCl2NO5. The van der Waals surface area contributed by atoms with Gasteiger partial charge < -0.3 is 18.8 Å². The van der Waals surface area contributed by atoms with Gasteiger partial charge in [-0.1, -0.05) is 59.6 Å². The first-order valence-electron chi connectivity index (χ1n) is 12.2. The number of carbonyl (C=O) groups is 1. The first kappa shape index (κ1) is 26.0. The summed E-state index contributed by atoms with van der Waals surface area (Å²) in [6.07, 6.45) is 1.95. The molecule has 1 unspecified atom stereocenters. The normalized spacial score (nSPS) is 19.5. The minimum Gasteiger partial charge on any atom is -0.480 e. The lowest BCUT2D eigenvalue weighted by atomic mass is 9.77. The van der Waals surface area contributed by atoms with E-state index in [9.17, 15) is 4.79 Å². The summed E-state index contributed by atoms with van der Waals surface area (Å²) < 4.78 is 24.0. The Morgan fingerprint density at radius 3 is 2.38 bits per heavy atom. The molecule has 2 aromatic carbocycles. The van der Waals surface area contributed by atoms with Gasteiger partial charge in [0.05, 0.1) is 23.9 Å². The lowest BCUT2D eigenvalue weighted by Gasteiger charge is -2.32. The minimum atomic E-state index is -0.553. The summed E-state index contributed by atoms with van der Waals surface area (Å²) in [5.74, 6) is 0.404. The Hall–Kier alpha value is -2.58. The van der Waals surface area contributed by atoms with E-state index in [4.69, 9.17) is 42.0 Å². The van der Waals surface area contributed by atoms with Gasteiger partial charge in [0.25, 0.3) is 0 Å². The number of hydrogen-bond donors (Lipinski definition) is 0. The number of carbonyl (C=O) groups excluding carboxylic acids is 1. The van der Waals surface area contributed by atoms with Crippen molar-refractivity contribution in [1.82, 2.24) is 4.98 Å². The van der Waals surface area contributed by atoms with Crippen LogP contribution in [-0.4, -0.2) is 36.7 Å². The minimum absolute atomic E-state index is 0.174. The molecule has 2 aliphatic rings. The van der Waals surface area contributed by atoms with E-state index >= 15 is 0 Å². The summed E-state index contributed by atoms with van der Waals surface area (Å²) in [4.78, 5) is 15.6. The van der Waals surface area contributed by atoms with Crippen molar-refractivity contribution >= 4 is 42.1 Å². The van der Waals surface area contributed by atoms with Crippen molar-refractivity contribution in [1.29, 1.82) is 0 Å². The number of pyridine rings is 1. The van der Waals surface area contributed by atoms with Crippen LogP contribution < -0.4 is 14.9 Å². The van der Waals surface area contributed by atoms with Crippen LogP contribution in [0.15, 0.2) is 42.5 Å². The van der Waals surface area contributed by atoms with E-state index in [1.165, 1.54) is 13.2 Å². The zero-order valence-corrected chi connectivity index (χ0v) is 22.9. The third kappa shape index (κ3) is 4.52. The first-order chi connectivity index (χ1) is 17.6. The monoisotopic (exact) mass is 539 g/mol. The lowest BCUT2D eigenvalue weighted by Crippen LogP contribution is -2.41. The van der Waals surface area contributed by atoms with Gasteiger partial charge in [-0.25, -0.2) is 0 Å². The van der Waals surface area contributed by atoms with Crippen molar-refractivity contribution in [3.8, 4) is 22.9 Å². The number of aldehydes is 1. The Morgan fingerprint density at radius 1 is 1.03 bits per heavy atom. The lowest BCUT2D eigenvalue weighted by molar-refractivity contribution is 0.00578. The molecule has 0 spiro atoms. The van der Waals surface area contributed by atoms with Gasteiger partial charge in [0, 0.05) is 16.0 Å². The highest BCUT2D eigenvalue weighted by molar-refractivity contribution is 6.66. The molecule has 0 N–H and O–H groups in total. The van der Waals surface area contributed by atoms with Crippen LogP contribution in [0.4, 0.5) is 0 Å². The van der Waals surface area contributed by atoms with Gasteiger partial charge in [-0.2, -0.15) is 4.98 Å². The number of benzene rings is 2. The van der Waals surface area contributed by atoms with Crippen LogP contribution >= 0.6 is 23.2 Å². The van der Waals surface area contributed by atoms with Crippen LogP contribution in [0.2, 0.25) is 10.0 Å². The van der Waals surface area contributed by atoms with E-state index < -0.39 is 18.3 Å². The Labute approximate surface area is 227 Å². The molecule has 6 nitrogen and oxygen atoms in total. The maximum Gasteiger partial charge on any atom is 0.496 e. The third-order valence-electron chi connectivity index (χ3n) is 7.55. The van der Waals surface area contributed by atoms with Crippen LogP contribution in [0.5, 0.6) is 11.8 Å². The molecule has 0 bridgehead atoms. The fourth-order valence-corrected chi connectivity index (χ4v) is 5.36. The molecule has 0 radical (unpaired) electrons. The summed E-state index contributed by atoms with van der Waals surface area (Å²) in [7, 11) is 0.897. The van der Waals surface area contributed by atoms with Gasteiger partial charge in [-0.05, 0) is 63.3 Å². The van der Waals surface area contributed by atoms with Crippen molar-refractivity contribution < 1.29 is 23.6 Å². The van der Waals surface area contributed by atoms with E-state index in [1.807, 2.05) is 58.0 Å². The number of nitrogens with zero attached hydrogens (tertiary/aromatic N) is 1. The summed E-state index contributed by atoms with van der Waals surface area (Å²) in [5.41, 5.74) is 4.32. The Bertz CT molecular complexity index is 1360.